The molecular weight excluding hydrogens is 328 g/mol. The molecule has 0 aliphatic carbocycles. The molecule has 0 bridgehead atoms. The quantitative estimate of drug-likeness (QED) is 0.767. The van der Waals surface area contributed by atoms with Gasteiger partial charge in [0.15, 0.2) is 0 Å². The number of hydrogen-bond donors (Lipinski definition) is 0. The molecule has 0 spiro atoms. The van der Waals surface area contributed by atoms with Crippen molar-refractivity contribution in [3.63, 3.8) is 0 Å². The summed E-state index contributed by atoms with van der Waals surface area (Å²) in [6, 6.07) is 12.1. The van der Waals surface area contributed by atoms with Gasteiger partial charge >= 0.3 is 0 Å². The minimum Gasteiger partial charge on any atom is -0.332 e. The third-order valence-electron chi connectivity index (χ3n) is 4.04. The first kappa shape index (κ1) is 14.3. The summed E-state index contributed by atoms with van der Waals surface area (Å²) in [5.41, 5.74) is 3.16. The van der Waals surface area contributed by atoms with Gasteiger partial charge in [0.2, 0.25) is 0 Å². The van der Waals surface area contributed by atoms with E-state index in [9.17, 15) is 4.79 Å². The molecule has 1 aromatic heterocycles. The van der Waals surface area contributed by atoms with Gasteiger partial charge in [0, 0.05) is 12.7 Å². The fraction of sp³-hybridized carbons (Fsp3) is 0.294. The molecule has 108 valence electrons. The van der Waals surface area contributed by atoms with Crippen LogP contribution in [0, 0.1) is 6.92 Å². The van der Waals surface area contributed by atoms with Gasteiger partial charge < -0.3 is 4.90 Å². The number of likely N-dealkylation sites (tertiary alicyclic amines) is 1. The molecule has 4 heteroatoms. The zero-order valence-electron chi connectivity index (χ0n) is 11.9. The lowest BCUT2D eigenvalue weighted by Crippen LogP contribution is -2.31. The van der Waals surface area contributed by atoms with E-state index in [-0.39, 0.29) is 11.9 Å². The van der Waals surface area contributed by atoms with E-state index in [2.05, 4.69) is 40.0 Å². The van der Waals surface area contributed by atoms with Crippen molar-refractivity contribution in [1.82, 2.24) is 9.88 Å². The maximum Gasteiger partial charge on any atom is 0.255 e. The van der Waals surface area contributed by atoms with Crippen LogP contribution < -0.4 is 0 Å². The summed E-state index contributed by atoms with van der Waals surface area (Å²) in [4.78, 5) is 18.9. The third kappa shape index (κ3) is 2.86. The molecule has 1 aliphatic rings. The average molecular weight is 345 g/mol. The Balaban J connectivity index is 1.89. The van der Waals surface area contributed by atoms with Crippen molar-refractivity contribution in [2.75, 3.05) is 6.54 Å². The summed E-state index contributed by atoms with van der Waals surface area (Å²) in [5.74, 6) is 0.0701. The number of carbonyl (C=O) groups excluding carboxylic acids is 1. The van der Waals surface area contributed by atoms with E-state index in [1.54, 1.807) is 6.20 Å². The lowest BCUT2D eigenvalue weighted by atomic mass is 9.99. The topological polar surface area (TPSA) is 33.2 Å². The Labute approximate surface area is 133 Å². The predicted molar refractivity (Wildman–Crippen MR) is 86.1 cm³/mol. The number of benzene rings is 1. The Morgan fingerprint density at radius 2 is 2.10 bits per heavy atom. The van der Waals surface area contributed by atoms with E-state index in [4.69, 9.17) is 0 Å². The highest BCUT2D eigenvalue weighted by atomic mass is 79.9. The van der Waals surface area contributed by atoms with Gasteiger partial charge in [-0.25, -0.2) is 4.98 Å². The molecule has 3 rings (SSSR count). The number of rotatable bonds is 2. The second-order valence-corrected chi connectivity index (χ2v) is 6.20. The molecule has 2 heterocycles. The van der Waals surface area contributed by atoms with Crippen molar-refractivity contribution in [2.24, 2.45) is 0 Å². The monoisotopic (exact) mass is 344 g/mol. The van der Waals surface area contributed by atoms with E-state index in [1.165, 1.54) is 11.1 Å². The van der Waals surface area contributed by atoms with Crippen molar-refractivity contribution < 1.29 is 4.79 Å². The van der Waals surface area contributed by atoms with E-state index in [1.807, 2.05) is 29.2 Å². The molecule has 1 atom stereocenters. The Morgan fingerprint density at radius 3 is 2.81 bits per heavy atom. The molecule has 1 amide bonds. The summed E-state index contributed by atoms with van der Waals surface area (Å²) >= 11 is 3.30. The molecule has 1 saturated heterocycles. The van der Waals surface area contributed by atoms with Crippen LogP contribution in [0.2, 0.25) is 0 Å². The molecule has 1 aromatic carbocycles. The Hall–Kier alpha value is -1.68. The average Bonchev–Trinajstić information content (AvgIpc) is 2.97. The molecular formula is C17H17BrN2O. The van der Waals surface area contributed by atoms with Gasteiger partial charge in [-0.3, -0.25) is 4.79 Å². The molecule has 1 aliphatic heterocycles. The maximum absolute atomic E-state index is 12.7. The van der Waals surface area contributed by atoms with Gasteiger partial charge in [0.1, 0.15) is 4.60 Å². The summed E-state index contributed by atoms with van der Waals surface area (Å²) in [6.07, 6.45) is 3.72. The van der Waals surface area contributed by atoms with Crippen LogP contribution in [0.1, 0.15) is 40.4 Å². The van der Waals surface area contributed by atoms with Crippen molar-refractivity contribution in [3.8, 4) is 0 Å². The SMILES string of the molecule is Cc1ccccc1C1CCCN1C(=O)c1ccc(Br)nc1. The Bertz CT molecular complexity index is 654. The molecule has 0 N–H and O–H groups in total. The molecule has 2 aromatic rings. The number of amides is 1. The number of aromatic nitrogens is 1. The summed E-state index contributed by atoms with van der Waals surface area (Å²) < 4.78 is 0.746. The van der Waals surface area contributed by atoms with Crippen LogP contribution in [0.4, 0.5) is 0 Å². The number of nitrogens with zero attached hydrogens (tertiary/aromatic N) is 2. The van der Waals surface area contributed by atoms with Crippen molar-refractivity contribution in [1.29, 1.82) is 0 Å². The highest BCUT2D eigenvalue weighted by Crippen LogP contribution is 2.34. The number of aryl methyl sites for hydroxylation is 1. The molecule has 1 fully saturated rings. The van der Waals surface area contributed by atoms with Gasteiger partial charge in [-0.15, -0.1) is 0 Å². The number of carbonyl (C=O) groups is 1. The van der Waals surface area contributed by atoms with Gasteiger partial charge in [0.25, 0.3) is 5.91 Å². The Morgan fingerprint density at radius 1 is 1.29 bits per heavy atom. The first-order chi connectivity index (χ1) is 10.2. The third-order valence-corrected chi connectivity index (χ3v) is 4.50. The number of halogens is 1. The molecule has 0 radical (unpaired) electrons. The highest BCUT2D eigenvalue weighted by Gasteiger charge is 2.31. The minimum atomic E-state index is 0.0701. The largest absolute Gasteiger partial charge is 0.332 e. The first-order valence-corrected chi connectivity index (χ1v) is 7.94. The van der Waals surface area contributed by atoms with Crippen molar-refractivity contribution in [2.45, 2.75) is 25.8 Å². The van der Waals surface area contributed by atoms with Crippen LogP contribution in [0.3, 0.4) is 0 Å². The highest BCUT2D eigenvalue weighted by molar-refractivity contribution is 9.10. The first-order valence-electron chi connectivity index (χ1n) is 7.15. The van der Waals surface area contributed by atoms with E-state index in [0.29, 0.717) is 5.56 Å². The van der Waals surface area contributed by atoms with E-state index >= 15 is 0 Å². The zero-order chi connectivity index (χ0) is 14.8. The molecule has 0 saturated carbocycles. The van der Waals surface area contributed by atoms with Gasteiger partial charge in [0.05, 0.1) is 11.6 Å². The normalized spacial score (nSPS) is 18.0. The number of hydrogen-bond acceptors (Lipinski definition) is 2. The summed E-state index contributed by atoms with van der Waals surface area (Å²) in [5, 5.41) is 0. The van der Waals surface area contributed by atoms with Crippen molar-refractivity contribution >= 4 is 21.8 Å². The summed E-state index contributed by atoms with van der Waals surface area (Å²) in [7, 11) is 0. The van der Waals surface area contributed by atoms with Crippen LogP contribution >= 0.6 is 15.9 Å². The second kappa shape index (κ2) is 5.98. The van der Waals surface area contributed by atoms with Crippen LogP contribution in [0.5, 0.6) is 0 Å². The standard InChI is InChI=1S/C17H17BrN2O/c1-12-5-2-3-6-14(12)15-7-4-10-20(15)17(21)13-8-9-16(18)19-11-13/h2-3,5-6,8-9,11,15H,4,7,10H2,1H3. The lowest BCUT2D eigenvalue weighted by Gasteiger charge is -2.26. The van der Waals surface area contributed by atoms with E-state index < -0.39 is 0 Å². The van der Waals surface area contributed by atoms with Gasteiger partial charge in [-0.05, 0) is 59.0 Å². The van der Waals surface area contributed by atoms with Gasteiger partial charge in [-0.1, -0.05) is 24.3 Å². The fourth-order valence-electron chi connectivity index (χ4n) is 2.96. The predicted octanol–water partition coefficient (Wildman–Crippen LogP) is 4.13. The van der Waals surface area contributed by atoms with Crippen LogP contribution in [0.15, 0.2) is 47.2 Å². The molecule has 3 nitrogen and oxygen atoms in total. The molecule has 1 unspecified atom stereocenters. The summed E-state index contributed by atoms with van der Waals surface area (Å²) in [6.45, 7) is 2.92. The smallest absolute Gasteiger partial charge is 0.255 e. The lowest BCUT2D eigenvalue weighted by molar-refractivity contribution is 0.0735. The fourth-order valence-corrected chi connectivity index (χ4v) is 3.20. The number of pyridine rings is 1. The van der Waals surface area contributed by atoms with Crippen molar-refractivity contribution in [3.05, 3.63) is 63.9 Å². The second-order valence-electron chi connectivity index (χ2n) is 5.38. The van der Waals surface area contributed by atoms with Gasteiger partial charge in [-0.2, -0.15) is 0 Å². The van der Waals surface area contributed by atoms with Crippen LogP contribution in [-0.2, 0) is 0 Å². The van der Waals surface area contributed by atoms with Crippen LogP contribution in [-0.4, -0.2) is 22.3 Å². The minimum absolute atomic E-state index is 0.0701. The van der Waals surface area contributed by atoms with Crippen LogP contribution in [0.25, 0.3) is 0 Å². The maximum atomic E-state index is 12.7. The molecule has 21 heavy (non-hydrogen) atoms. The van der Waals surface area contributed by atoms with E-state index in [0.717, 1.165) is 24.0 Å². The zero-order valence-corrected chi connectivity index (χ0v) is 13.5. The Kier molecular flexibility index (Phi) is 4.06.